The molecule has 1 aromatic heterocycles. The van der Waals surface area contributed by atoms with E-state index < -0.39 is 6.10 Å². The highest BCUT2D eigenvalue weighted by molar-refractivity contribution is 5.63. The van der Waals surface area contributed by atoms with Gasteiger partial charge < -0.3 is 19.6 Å². The van der Waals surface area contributed by atoms with Gasteiger partial charge in [-0.1, -0.05) is 62.7 Å². The SMILES string of the molecule is CC.CC(C)(C)OC=O.CCN(C)Cc1cn(CC(O)CN2CCN(c3ccccc3C#N)CC2)nc1-c1ccc(C)cc1. The largest absolute Gasteiger partial charge is 0.462 e. The number of piperazine rings is 1. The summed E-state index contributed by atoms with van der Waals surface area (Å²) < 4.78 is 6.45. The molecule has 1 aliphatic heterocycles. The zero-order chi connectivity index (χ0) is 32.7. The highest BCUT2D eigenvalue weighted by Gasteiger charge is 2.22. The second-order valence-corrected chi connectivity index (χ2v) is 11.8. The molecule has 1 saturated heterocycles. The molecular weight excluding hydrogens is 552 g/mol. The topological polar surface area (TPSA) is 97.9 Å². The lowest BCUT2D eigenvalue weighted by atomic mass is 10.1. The molecule has 1 aliphatic rings. The van der Waals surface area contributed by atoms with Crippen LogP contribution in [0.15, 0.2) is 54.7 Å². The number of hydrogen-bond donors (Lipinski definition) is 1. The first-order valence-corrected chi connectivity index (χ1v) is 15.6. The maximum absolute atomic E-state index is 10.9. The molecule has 1 unspecified atom stereocenters. The third kappa shape index (κ3) is 11.8. The lowest BCUT2D eigenvalue weighted by Crippen LogP contribution is -2.49. The maximum atomic E-state index is 10.9. The van der Waals surface area contributed by atoms with Crippen molar-refractivity contribution in [2.75, 3.05) is 51.2 Å². The number of carbonyl (C=O) groups excluding carboxylic acids is 1. The van der Waals surface area contributed by atoms with Crippen molar-refractivity contribution in [3.8, 4) is 17.3 Å². The van der Waals surface area contributed by atoms with Gasteiger partial charge in [0.25, 0.3) is 6.47 Å². The normalized spacial score (nSPS) is 14.1. The van der Waals surface area contributed by atoms with Gasteiger partial charge in [0.2, 0.25) is 0 Å². The summed E-state index contributed by atoms with van der Waals surface area (Å²) in [5, 5.41) is 25.2. The summed E-state index contributed by atoms with van der Waals surface area (Å²) in [7, 11) is 2.11. The van der Waals surface area contributed by atoms with Crippen LogP contribution in [0.1, 0.15) is 58.2 Å². The van der Waals surface area contributed by atoms with Crippen LogP contribution in [0.5, 0.6) is 0 Å². The van der Waals surface area contributed by atoms with Crippen LogP contribution in [-0.4, -0.2) is 89.2 Å². The number of β-amino-alcohol motifs (C(OH)–C–C–N with tert-alkyl or cyclic N) is 1. The molecule has 4 rings (SSSR count). The van der Waals surface area contributed by atoms with E-state index in [0.29, 0.717) is 25.1 Å². The van der Waals surface area contributed by atoms with E-state index in [4.69, 9.17) is 5.10 Å². The van der Waals surface area contributed by atoms with E-state index in [2.05, 4.69) is 76.9 Å². The van der Waals surface area contributed by atoms with Gasteiger partial charge in [0.15, 0.2) is 0 Å². The molecule has 2 heterocycles. The number of aliphatic hydroxyl groups excluding tert-OH is 1. The van der Waals surface area contributed by atoms with Crippen LogP contribution in [0.2, 0.25) is 0 Å². The van der Waals surface area contributed by atoms with Crippen LogP contribution in [0.4, 0.5) is 5.69 Å². The predicted molar refractivity (Wildman–Crippen MR) is 178 cm³/mol. The van der Waals surface area contributed by atoms with Gasteiger partial charge >= 0.3 is 0 Å². The van der Waals surface area contributed by atoms with Crippen molar-refractivity contribution in [1.29, 1.82) is 5.26 Å². The van der Waals surface area contributed by atoms with Crippen LogP contribution in [0, 0.1) is 18.3 Å². The average molecular weight is 605 g/mol. The van der Waals surface area contributed by atoms with Crippen molar-refractivity contribution in [3.05, 3.63) is 71.4 Å². The summed E-state index contributed by atoms with van der Waals surface area (Å²) >= 11 is 0. The fraction of sp³-hybridized carbons (Fsp3) is 0.514. The molecule has 0 aliphatic carbocycles. The number of hydrogen-bond acceptors (Lipinski definition) is 8. The Morgan fingerprint density at radius 1 is 1.07 bits per heavy atom. The Labute approximate surface area is 264 Å². The van der Waals surface area contributed by atoms with Gasteiger partial charge in [-0.2, -0.15) is 10.4 Å². The summed E-state index contributed by atoms with van der Waals surface area (Å²) in [5.74, 6) is 0. The van der Waals surface area contributed by atoms with Gasteiger partial charge in [0.05, 0.1) is 29.6 Å². The van der Waals surface area contributed by atoms with E-state index >= 15 is 0 Å². The first-order valence-electron chi connectivity index (χ1n) is 15.6. The van der Waals surface area contributed by atoms with E-state index in [0.717, 1.165) is 56.2 Å². The lowest BCUT2D eigenvalue weighted by Gasteiger charge is -2.37. The molecule has 44 heavy (non-hydrogen) atoms. The summed E-state index contributed by atoms with van der Waals surface area (Å²) in [4.78, 5) is 16.4. The predicted octanol–water partition coefficient (Wildman–Crippen LogP) is 5.35. The molecule has 9 nitrogen and oxygen atoms in total. The number of aryl methyl sites for hydroxylation is 1. The molecule has 9 heteroatoms. The Hall–Kier alpha value is -3.71. The van der Waals surface area contributed by atoms with Crippen LogP contribution in [0.25, 0.3) is 11.3 Å². The summed E-state index contributed by atoms with van der Waals surface area (Å²) in [6.45, 7) is 20.4. The summed E-state index contributed by atoms with van der Waals surface area (Å²) in [6.07, 6.45) is 1.58. The van der Waals surface area contributed by atoms with Crippen LogP contribution in [-0.2, 0) is 22.6 Å². The van der Waals surface area contributed by atoms with Crippen molar-refractivity contribution < 1.29 is 14.6 Å². The second kappa shape index (κ2) is 18.2. The molecule has 240 valence electrons. The van der Waals surface area contributed by atoms with Gasteiger partial charge in [-0.3, -0.25) is 14.4 Å². The quantitative estimate of drug-likeness (QED) is 0.310. The zero-order valence-corrected chi connectivity index (χ0v) is 28.0. The van der Waals surface area contributed by atoms with E-state index in [-0.39, 0.29) is 5.60 Å². The Morgan fingerprint density at radius 2 is 1.70 bits per heavy atom. The number of rotatable bonds is 10. The molecule has 0 bridgehead atoms. The summed E-state index contributed by atoms with van der Waals surface area (Å²) in [6, 6.07) is 18.5. The molecule has 0 radical (unpaired) electrons. The highest BCUT2D eigenvalue weighted by atomic mass is 16.5. The van der Waals surface area contributed by atoms with Crippen LogP contribution >= 0.6 is 0 Å². The minimum atomic E-state index is -0.504. The maximum Gasteiger partial charge on any atom is 0.293 e. The number of para-hydroxylation sites is 1. The zero-order valence-electron chi connectivity index (χ0n) is 28.0. The van der Waals surface area contributed by atoms with Gasteiger partial charge in [-0.25, -0.2) is 0 Å². The first-order chi connectivity index (χ1) is 21.0. The molecule has 3 aromatic rings. The smallest absolute Gasteiger partial charge is 0.293 e. The summed E-state index contributed by atoms with van der Waals surface area (Å²) in [5.41, 5.74) is 5.90. The van der Waals surface area contributed by atoms with Crippen molar-refractivity contribution in [1.82, 2.24) is 19.6 Å². The third-order valence-corrected chi connectivity index (χ3v) is 7.15. The van der Waals surface area contributed by atoms with E-state index in [1.807, 2.05) is 63.6 Å². The first kappa shape index (κ1) is 36.5. The third-order valence-electron chi connectivity index (χ3n) is 7.15. The molecule has 1 N–H and O–H groups in total. The van der Waals surface area contributed by atoms with E-state index in [1.165, 1.54) is 11.1 Å². The van der Waals surface area contributed by atoms with E-state index in [1.54, 1.807) is 0 Å². The average Bonchev–Trinajstić information content (AvgIpc) is 3.39. The van der Waals surface area contributed by atoms with Crippen molar-refractivity contribution in [2.24, 2.45) is 0 Å². The number of ether oxygens (including phenoxy) is 1. The fourth-order valence-electron chi connectivity index (χ4n) is 4.76. The Morgan fingerprint density at radius 3 is 2.25 bits per heavy atom. The number of anilines is 1. The lowest BCUT2D eigenvalue weighted by molar-refractivity contribution is -0.138. The molecule has 0 spiro atoms. The number of benzene rings is 2. The van der Waals surface area contributed by atoms with Crippen molar-refractivity contribution in [2.45, 2.75) is 73.3 Å². The number of aromatic nitrogens is 2. The monoisotopic (exact) mass is 604 g/mol. The van der Waals surface area contributed by atoms with Crippen molar-refractivity contribution >= 4 is 12.2 Å². The van der Waals surface area contributed by atoms with E-state index in [9.17, 15) is 15.2 Å². The van der Waals surface area contributed by atoms with Gasteiger partial charge in [0, 0.05) is 56.6 Å². The van der Waals surface area contributed by atoms with Gasteiger partial charge in [-0.15, -0.1) is 0 Å². The minimum absolute atomic E-state index is 0.318. The minimum Gasteiger partial charge on any atom is -0.462 e. The molecule has 1 atom stereocenters. The number of nitrogens with zero attached hydrogens (tertiary/aromatic N) is 6. The fourth-order valence-corrected chi connectivity index (χ4v) is 4.76. The molecule has 0 saturated carbocycles. The van der Waals surface area contributed by atoms with Crippen LogP contribution in [0.3, 0.4) is 0 Å². The number of carbonyl (C=O) groups is 1. The Kier molecular flexibility index (Phi) is 15.1. The highest BCUT2D eigenvalue weighted by Crippen LogP contribution is 2.24. The van der Waals surface area contributed by atoms with Crippen LogP contribution < -0.4 is 4.90 Å². The standard InChI is InChI=1S/C28H36N6O.C5H10O2.C2H6/c1-4-31(3)18-25-19-34(30-28(25)23-11-9-22(2)10-12-23)21-26(35)20-32-13-15-33(16-14-32)27-8-6-5-7-24(27)17-29;1-5(2,3)7-4-6;1-2/h5-12,19,26,35H,4,13-16,18,20-21H2,1-3H3;4H,1-3H3;1-2H3. The molecule has 1 fully saturated rings. The molecule has 0 amide bonds. The second-order valence-electron chi connectivity index (χ2n) is 11.8. The number of aliphatic hydroxyl groups is 1. The van der Waals surface area contributed by atoms with Gasteiger partial charge in [0.1, 0.15) is 11.7 Å². The van der Waals surface area contributed by atoms with Gasteiger partial charge in [-0.05, 0) is 53.4 Å². The van der Waals surface area contributed by atoms with Crippen molar-refractivity contribution in [3.63, 3.8) is 0 Å². The Balaban J connectivity index is 0.000000661. The molecule has 2 aromatic carbocycles. The molecular formula is C35H52N6O3. The Bertz CT molecular complexity index is 1300. The number of nitriles is 1.